The van der Waals surface area contributed by atoms with Crippen molar-refractivity contribution in [2.45, 2.75) is 223 Å². The van der Waals surface area contributed by atoms with Crippen LogP contribution in [-0.2, 0) is 47.5 Å². The monoisotopic (exact) mass is 894 g/mol. The number of rotatable bonds is 14. The molecular weight excluding hydrogens is 819 g/mol. The van der Waals surface area contributed by atoms with Crippen LogP contribution >= 0.6 is 0 Å². The van der Waals surface area contributed by atoms with Crippen LogP contribution < -0.4 is 5.73 Å². The van der Waals surface area contributed by atoms with Crippen molar-refractivity contribution < 1.29 is 73.0 Å². The van der Waals surface area contributed by atoms with Gasteiger partial charge in [-0.3, -0.25) is 4.79 Å². The number of aliphatic hydroxyl groups excluding tert-OH is 4. The van der Waals surface area contributed by atoms with Gasteiger partial charge >= 0.3 is 5.97 Å². The van der Waals surface area contributed by atoms with Gasteiger partial charge in [0.05, 0.1) is 54.4 Å². The minimum atomic E-state index is -1.02. The number of hydrogen-bond donors (Lipinski definition) is 6. The first-order valence-corrected chi connectivity index (χ1v) is 24.1. The fraction of sp³-hybridized carbons (Fsp3) is 0.915. The van der Waals surface area contributed by atoms with Gasteiger partial charge in [-0.2, -0.15) is 0 Å². The van der Waals surface area contributed by atoms with Crippen LogP contribution in [0.3, 0.4) is 0 Å². The number of hydrogen-bond acceptors (Lipinski definition) is 15. The van der Waals surface area contributed by atoms with E-state index in [0.29, 0.717) is 38.2 Å². The number of cyclic esters (lactones) is 1. The zero-order chi connectivity index (χ0) is 45.0. The molecule has 63 heavy (non-hydrogen) atoms. The lowest BCUT2D eigenvalue weighted by atomic mass is 9.42. The standard InChI is InChI=1S/C47H75NO15/c1-24-42(56-16-8-6-7-9-37(48)53)33(49)20-40(58-24)62-44-26(3)60-41(22-35(44)51)63-43-25(2)59-39(21-34(43)50)61-29-12-14-45(4)28(18-29)10-11-31-32(45)19-36(52)46(5)30(13-15-47(31,46)55)27-17-38(54)57-23-27/h17,24-26,28-36,39-44,49-52,55H,6-16,18-23H2,1-5H3,(H2,48,53)/t24-,25-,26-,28-,29-,30-,31?,32?,33+,34+,35+,36-,39+,40?,41?,42-,43-,44-,45+,46+,47+/m1/s1. The van der Waals surface area contributed by atoms with E-state index < -0.39 is 90.9 Å². The molecule has 0 radical (unpaired) electrons. The highest BCUT2D eigenvalue weighted by Crippen LogP contribution is 2.70. The number of fused-ring (bicyclic) bond motifs is 5. The van der Waals surface area contributed by atoms with Crippen molar-refractivity contribution in [1.29, 1.82) is 0 Å². The molecule has 3 saturated heterocycles. The van der Waals surface area contributed by atoms with Crippen LogP contribution in [0.15, 0.2) is 11.6 Å². The molecule has 4 unspecified atom stereocenters. The van der Waals surface area contributed by atoms with Crippen molar-refractivity contribution >= 4 is 11.9 Å². The largest absolute Gasteiger partial charge is 0.458 e. The Hall–Kier alpha value is -1.80. The van der Waals surface area contributed by atoms with E-state index >= 15 is 0 Å². The number of aliphatic hydroxyl groups is 5. The van der Waals surface area contributed by atoms with Gasteiger partial charge in [-0.1, -0.05) is 20.3 Å². The molecule has 16 nitrogen and oxygen atoms in total. The molecule has 7 N–H and O–H groups in total. The van der Waals surface area contributed by atoms with E-state index in [0.717, 1.165) is 56.9 Å². The molecule has 0 aromatic heterocycles. The van der Waals surface area contributed by atoms with Crippen LogP contribution in [0, 0.1) is 34.5 Å². The molecule has 0 aromatic rings. The topological polar surface area (TPSA) is 235 Å². The molecule has 8 aliphatic rings. The Kier molecular flexibility index (Phi) is 14.4. The van der Waals surface area contributed by atoms with E-state index in [4.69, 9.17) is 43.6 Å². The SMILES string of the molecule is C[C@H]1OC(O[C@H]2[C@@H](O)CC(O[C@H]3[C@@H](O)C[C@H](O[C@@H]4CC[C@]5(C)C6C[C@@H](O)[C@]7(C)[C@@H](C8=CC(=O)OC8)CC[C@]7(O)C6CC[C@@H]5C4)O[C@@H]3C)O[C@@H]2C)C[C@H](O)[C@@H]1OCCCCCC(N)=O. The van der Waals surface area contributed by atoms with E-state index in [1.165, 1.54) is 0 Å². The van der Waals surface area contributed by atoms with E-state index in [-0.39, 0.29) is 67.0 Å². The Labute approximate surface area is 371 Å². The second-order valence-electron chi connectivity index (χ2n) is 20.9. The third-order valence-electron chi connectivity index (χ3n) is 17.3. The van der Waals surface area contributed by atoms with Gasteiger partial charge in [-0.25, -0.2) is 4.79 Å². The summed E-state index contributed by atoms with van der Waals surface area (Å²) in [5.74, 6) is -0.144. The zero-order valence-electron chi connectivity index (χ0n) is 37.9. The number of esters is 1. The Balaban J connectivity index is 0.786. The van der Waals surface area contributed by atoms with Crippen LogP contribution in [0.4, 0.5) is 0 Å². The van der Waals surface area contributed by atoms with Gasteiger partial charge in [0.2, 0.25) is 5.91 Å². The number of carbonyl (C=O) groups excluding carboxylic acids is 2. The van der Waals surface area contributed by atoms with Crippen molar-refractivity contribution in [2.75, 3.05) is 13.2 Å². The second kappa shape index (κ2) is 19.1. The summed E-state index contributed by atoms with van der Waals surface area (Å²) in [6.45, 7) is 10.5. The molecule has 358 valence electrons. The number of unbranched alkanes of at least 4 members (excludes halogenated alkanes) is 2. The van der Waals surface area contributed by atoms with Gasteiger partial charge in [-0.15, -0.1) is 0 Å². The van der Waals surface area contributed by atoms with Crippen LogP contribution in [0.25, 0.3) is 0 Å². The predicted octanol–water partition coefficient (Wildman–Crippen LogP) is 3.29. The Morgan fingerprint density at radius 1 is 0.746 bits per heavy atom. The predicted molar refractivity (Wildman–Crippen MR) is 224 cm³/mol. The van der Waals surface area contributed by atoms with Gasteiger partial charge in [0, 0.05) is 43.8 Å². The normalized spacial score (nSPS) is 49.9. The number of carbonyl (C=O) groups is 2. The number of amides is 1. The second-order valence-corrected chi connectivity index (χ2v) is 20.9. The quantitative estimate of drug-likeness (QED) is 0.0835. The van der Waals surface area contributed by atoms with E-state index in [1.807, 2.05) is 20.8 Å². The first-order chi connectivity index (χ1) is 29.9. The van der Waals surface area contributed by atoms with E-state index in [1.54, 1.807) is 13.0 Å². The molecule has 4 aliphatic heterocycles. The molecule has 16 heteroatoms. The van der Waals surface area contributed by atoms with Crippen molar-refractivity contribution in [1.82, 2.24) is 0 Å². The maximum atomic E-state index is 12.6. The van der Waals surface area contributed by atoms with Gasteiger partial charge in [-0.05, 0) is 120 Å². The molecule has 7 fully saturated rings. The van der Waals surface area contributed by atoms with Crippen LogP contribution in [0.2, 0.25) is 0 Å². The summed E-state index contributed by atoms with van der Waals surface area (Å²) in [7, 11) is 0. The number of ether oxygens (including phenoxy) is 8. The molecule has 8 rings (SSSR count). The summed E-state index contributed by atoms with van der Waals surface area (Å²) in [6, 6.07) is 0. The van der Waals surface area contributed by atoms with Crippen molar-refractivity contribution in [3.8, 4) is 0 Å². The number of nitrogens with two attached hydrogens (primary N) is 1. The van der Waals surface area contributed by atoms with Crippen LogP contribution in [0.5, 0.6) is 0 Å². The minimum Gasteiger partial charge on any atom is -0.458 e. The Morgan fingerprint density at radius 3 is 1.92 bits per heavy atom. The molecule has 1 amide bonds. The average molecular weight is 894 g/mol. The fourth-order valence-corrected chi connectivity index (χ4v) is 13.8. The number of primary amides is 1. The van der Waals surface area contributed by atoms with Gasteiger partial charge < -0.3 is 69.2 Å². The third-order valence-corrected chi connectivity index (χ3v) is 17.3. The molecule has 21 atom stereocenters. The molecule has 4 aliphatic carbocycles. The highest BCUT2D eigenvalue weighted by Gasteiger charge is 2.71. The van der Waals surface area contributed by atoms with E-state index in [9.17, 15) is 35.1 Å². The lowest BCUT2D eigenvalue weighted by Gasteiger charge is -2.65. The lowest BCUT2D eigenvalue weighted by Crippen LogP contribution is -2.67. The molecule has 0 bridgehead atoms. The summed E-state index contributed by atoms with van der Waals surface area (Å²) in [5, 5.41) is 58.0. The highest BCUT2D eigenvalue weighted by atomic mass is 16.7. The summed E-state index contributed by atoms with van der Waals surface area (Å²) in [5.41, 5.74) is 4.29. The van der Waals surface area contributed by atoms with Crippen LogP contribution in [0.1, 0.15) is 131 Å². The molecule has 0 spiro atoms. The Morgan fingerprint density at radius 2 is 1.35 bits per heavy atom. The third kappa shape index (κ3) is 9.28. The fourth-order valence-electron chi connectivity index (χ4n) is 13.8. The van der Waals surface area contributed by atoms with Crippen molar-refractivity contribution in [2.24, 2.45) is 40.2 Å². The molecule has 4 saturated carbocycles. The van der Waals surface area contributed by atoms with Gasteiger partial charge in [0.1, 0.15) is 24.9 Å². The summed E-state index contributed by atoms with van der Waals surface area (Å²) >= 11 is 0. The molecular formula is C47H75NO15. The van der Waals surface area contributed by atoms with Gasteiger partial charge in [0.15, 0.2) is 18.9 Å². The van der Waals surface area contributed by atoms with Gasteiger partial charge in [0.25, 0.3) is 0 Å². The maximum Gasteiger partial charge on any atom is 0.331 e. The average Bonchev–Trinajstić information content (AvgIpc) is 3.77. The smallest absolute Gasteiger partial charge is 0.331 e. The minimum absolute atomic E-state index is 0.0538. The first kappa shape index (κ1) is 47.7. The zero-order valence-corrected chi connectivity index (χ0v) is 37.9. The molecule has 4 heterocycles. The lowest BCUT2D eigenvalue weighted by molar-refractivity contribution is -0.337. The molecule has 0 aromatic carbocycles. The first-order valence-electron chi connectivity index (χ1n) is 24.1. The van der Waals surface area contributed by atoms with Crippen LogP contribution in [-0.4, -0.2) is 142 Å². The van der Waals surface area contributed by atoms with Crippen molar-refractivity contribution in [3.05, 3.63) is 11.6 Å². The van der Waals surface area contributed by atoms with E-state index in [2.05, 4.69) is 6.92 Å². The Bertz CT molecular complexity index is 1610. The summed E-state index contributed by atoms with van der Waals surface area (Å²) in [6.07, 6.45) is 1.85. The van der Waals surface area contributed by atoms with Crippen molar-refractivity contribution in [3.63, 3.8) is 0 Å². The highest BCUT2D eigenvalue weighted by molar-refractivity contribution is 5.85. The summed E-state index contributed by atoms with van der Waals surface area (Å²) < 4.78 is 48.8. The maximum absolute atomic E-state index is 12.6. The summed E-state index contributed by atoms with van der Waals surface area (Å²) in [4.78, 5) is 22.9.